The third kappa shape index (κ3) is 5.67. The number of carbonyl (C=O) groups is 1. The van der Waals surface area contributed by atoms with Crippen molar-refractivity contribution in [3.8, 4) is 11.8 Å². The number of nitrogens with one attached hydrogen (secondary N) is 1. The number of ether oxygens (including phenoxy) is 1. The molecule has 2 N–H and O–H groups in total. The molecule has 23 heavy (non-hydrogen) atoms. The summed E-state index contributed by atoms with van der Waals surface area (Å²) in [5, 5.41) is 32.0. The van der Waals surface area contributed by atoms with Crippen LogP contribution in [-0.2, 0) is 4.74 Å². The number of hydrogen-bond donors (Lipinski definition) is 2. The van der Waals surface area contributed by atoms with Crippen molar-refractivity contribution in [1.29, 1.82) is 5.26 Å². The van der Waals surface area contributed by atoms with Crippen LogP contribution in [0.3, 0.4) is 0 Å². The second-order valence-corrected chi connectivity index (χ2v) is 5.59. The number of rotatable bonds is 4. The highest BCUT2D eigenvalue weighted by Crippen LogP contribution is 2.31. The van der Waals surface area contributed by atoms with Crippen LogP contribution in [0, 0.1) is 21.4 Å². The van der Waals surface area contributed by atoms with Gasteiger partial charge in [-0.3, -0.25) is 10.1 Å². The number of nitro groups is 1. The lowest BCUT2D eigenvalue weighted by molar-refractivity contribution is -0.385. The molecule has 8 heteroatoms. The van der Waals surface area contributed by atoms with E-state index in [1.807, 2.05) is 0 Å². The zero-order chi connectivity index (χ0) is 17.6. The second-order valence-electron chi connectivity index (χ2n) is 5.59. The van der Waals surface area contributed by atoms with Crippen LogP contribution in [0.15, 0.2) is 18.2 Å². The van der Waals surface area contributed by atoms with Crippen molar-refractivity contribution in [3.63, 3.8) is 0 Å². The maximum atomic E-state index is 11.4. The van der Waals surface area contributed by atoms with Crippen molar-refractivity contribution < 1.29 is 19.6 Å². The number of hydrogen-bond acceptors (Lipinski definition) is 6. The molecule has 1 rings (SSSR count). The maximum absolute atomic E-state index is 11.4. The molecule has 8 nitrogen and oxygen atoms in total. The number of phenolic OH excluding ortho intramolecular Hbond substituents is 1. The number of nitro benzene ring substituents is 1. The SMILES string of the molecule is CC(C)(C)OC(=O)NCC=Cc1cc(C#N)cc([N+](=O)[O-])c1O. The van der Waals surface area contributed by atoms with E-state index in [0.717, 1.165) is 6.07 Å². The fourth-order valence-electron chi connectivity index (χ4n) is 1.61. The Morgan fingerprint density at radius 3 is 2.70 bits per heavy atom. The summed E-state index contributed by atoms with van der Waals surface area (Å²) in [6.45, 7) is 5.28. The molecule has 0 fully saturated rings. The first-order valence-electron chi connectivity index (χ1n) is 6.69. The molecule has 0 bridgehead atoms. The van der Waals surface area contributed by atoms with Crippen LogP contribution in [-0.4, -0.2) is 28.3 Å². The molecule has 0 unspecified atom stereocenters. The van der Waals surface area contributed by atoms with Crippen LogP contribution in [0.2, 0.25) is 0 Å². The molecular weight excluding hydrogens is 302 g/mol. The standard InChI is InChI=1S/C15H17N3O5/c1-15(2,3)23-14(20)17-6-4-5-11-7-10(9-16)8-12(13(11)19)18(21)22/h4-5,7-8,19H,6H2,1-3H3,(H,17,20). The fourth-order valence-corrected chi connectivity index (χ4v) is 1.61. The molecule has 1 amide bonds. The molecule has 1 aromatic carbocycles. The van der Waals surface area contributed by atoms with Crippen LogP contribution in [0.25, 0.3) is 6.08 Å². The normalized spacial score (nSPS) is 11.0. The molecular formula is C15H17N3O5. The molecule has 122 valence electrons. The smallest absolute Gasteiger partial charge is 0.407 e. The highest BCUT2D eigenvalue weighted by Gasteiger charge is 2.18. The minimum Gasteiger partial charge on any atom is -0.502 e. The van der Waals surface area contributed by atoms with Crippen LogP contribution < -0.4 is 5.32 Å². The van der Waals surface area contributed by atoms with Gasteiger partial charge in [-0.05, 0) is 26.8 Å². The van der Waals surface area contributed by atoms with Crippen LogP contribution in [0.4, 0.5) is 10.5 Å². The van der Waals surface area contributed by atoms with Gasteiger partial charge in [-0.25, -0.2) is 4.79 Å². The van der Waals surface area contributed by atoms with Crippen LogP contribution >= 0.6 is 0 Å². The molecule has 0 saturated heterocycles. The monoisotopic (exact) mass is 319 g/mol. The largest absolute Gasteiger partial charge is 0.502 e. The number of benzene rings is 1. The topological polar surface area (TPSA) is 125 Å². The molecule has 0 spiro atoms. The van der Waals surface area contributed by atoms with Crippen molar-refractivity contribution >= 4 is 17.9 Å². The Labute approximate surface area is 133 Å². The molecule has 1 aromatic rings. The Morgan fingerprint density at radius 1 is 1.52 bits per heavy atom. The average Bonchev–Trinajstić information content (AvgIpc) is 2.42. The lowest BCUT2D eigenvalue weighted by atomic mass is 10.1. The number of nitrogens with zero attached hydrogens (tertiary/aromatic N) is 2. The van der Waals surface area contributed by atoms with Gasteiger partial charge in [0.05, 0.1) is 16.6 Å². The summed E-state index contributed by atoms with van der Waals surface area (Å²) in [6.07, 6.45) is 2.24. The van der Waals surface area contributed by atoms with E-state index in [2.05, 4.69) is 5.32 Å². The summed E-state index contributed by atoms with van der Waals surface area (Å²) in [5.74, 6) is -0.539. The first-order valence-corrected chi connectivity index (χ1v) is 6.69. The molecule has 0 radical (unpaired) electrons. The third-order valence-corrected chi connectivity index (χ3v) is 2.51. The van der Waals surface area contributed by atoms with Gasteiger partial charge in [0.15, 0.2) is 0 Å². The van der Waals surface area contributed by atoms with Crippen LogP contribution in [0.1, 0.15) is 31.9 Å². The summed E-state index contributed by atoms with van der Waals surface area (Å²) in [5.41, 5.74) is -1.01. The predicted octanol–water partition coefficient (Wildman–Crippen LogP) is 2.71. The van der Waals surface area contributed by atoms with Gasteiger partial charge in [-0.1, -0.05) is 12.2 Å². The zero-order valence-corrected chi connectivity index (χ0v) is 13.0. The summed E-state index contributed by atoms with van der Waals surface area (Å²) >= 11 is 0. The first-order chi connectivity index (χ1) is 10.6. The third-order valence-electron chi connectivity index (χ3n) is 2.51. The van der Waals surface area contributed by atoms with Crippen molar-refractivity contribution in [2.24, 2.45) is 0 Å². The van der Waals surface area contributed by atoms with Gasteiger partial charge in [0.1, 0.15) is 5.60 Å². The molecule has 0 aliphatic carbocycles. The number of amides is 1. The Morgan fingerprint density at radius 2 is 2.17 bits per heavy atom. The number of phenols is 1. The molecule has 0 heterocycles. The molecule has 0 aliphatic heterocycles. The first kappa shape index (κ1) is 18.0. The number of alkyl carbamates (subject to hydrolysis) is 1. The Bertz CT molecular complexity index is 684. The van der Waals surface area contributed by atoms with E-state index in [0.29, 0.717) is 0 Å². The van der Waals surface area contributed by atoms with Crippen molar-refractivity contribution in [1.82, 2.24) is 5.32 Å². The highest BCUT2D eigenvalue weighted by atomic mass is 16.6. The Hall–Kier alpha value is -3.08. The van der Waals surface area contributed by atoms with Gasteiger partial charge in [0, 0.05) is 18.2 Å². The number of carbonyl (C=O) groups excluding carboxylic acids is 1. The maximum Gasteiger partial charge on any atom is 0.407 e. The van der Waals surface area contributed by atoms with Crippen molar-refractivity contribution in [2.45, 2.75) is 26.4 Å². The van der Waals surface area contributed by atoms with Gasteiger partial charge in [0.25, 0.3) is 0 Å². The quantitative estimate of drug-likeness (QED) is 0.649. The molecule has 0 atom stereocenters. The van der Waals surface area contributed by atoms with Gasteiger partial charge >= 0.3 is 11.8 Å². The average molecular weight is 319 g/mol. The van der Waals surface area contributed by atoms with E-state index in [-0.39, 0.29) is 17.7 Å². The zero-order valence-electron chi connectivity index (χ0n) is 13.0. The lowest BCUT2D eigenvalue weighted by Gasteiger charge is -2.19. The second kappa shape index (κ2) is 7.26. The summed E-state index contributed by atoms with van der Waals surface area (Å²) in [7, 11) is 0. The Kier molecular flexibility index (Phi) is 5.68. The number of nitriles is 1. The van der Waals surface area contributed by atoms with Crippen molar-refractivity contribution in [2.75, 3.05) is 6.54 Å². The predicted molar refractivity (Wildman–Crippen MR) is 82.7 cm³/mol. The van der Waals surface area contributed by atoms with Gasteiger partial charge in [0.2, 0.25) is 5.75 Å². The number of aromatic hydroxyl groups is 1. The molecule has 0 saturated carbocycles. The highest BCUT2D eigenvalue weighted by molar-refractivity contribution is 5.69. The van der Waals surface area contributed by atoms with Gasteiger partial charge in [-0.15, -0.1) is 0 Å². The fraction of sp³-hybridized carbons (Fsp3) is 0.333. The van der Waals surface area contributed by atoms with E-state index in [1.54, 1.807) is 26.8 Å². The Balaban J connectivity index is 2.81. The lowest BCUT2D eigenvalue weighted by Crippen LogP contribution is -2.32. The van der Waals surface area contributed by atoms with Gasteiger partial charge in [-0.2, -0.15) is 5.26 Å². The van der Waals surface area contributed by atoms with Crippen LogP contribution in [0.5, 0.6) is 5.75 Å². The van der Waals surface area contributed by atoms with E-state index < -0.39 is 28.1 Å². The summed E-state index contributed by atoms with van der Waals surface area (Å²) in [4.78, 5) is 21.5. The van der Waals surface area contributed by atoms with Crippen molar-refractivity contribution in [3.05, 3.63) is 39.4 Å². The van der Waals surface area contributed by atoms with E-state index in [1.165, 1.54) is 18.2 Å². The van der Waals surface area contributed by atoms with E-state index >= 15 is 0 Å². The minimum atomic E-state index is -0.771. The molecule has 0 aromatic heterocycles. The minimum absolute atomic E-state index is 0.0502. The van der Waals surface area contributed by atoms with E-state index in [4.69, 9.17) is 10.00 Å². The van der Waals surface area contributed by atoms with Gasteiger partial charge < -0.3 is 15.2 Å². The van der Waals surface area contributed by atoms with E-state index in [9.17, 15) is 20.0 Å². The summed E-state index contributed by atoms with van der Waals surface area (Å²) in [6, 6.07) is 4.09. The summed E-state index contributed by atoms with van der Waals surface area (Å²) < 4.78 is 5.04. The molecule has 0 aliphatic rings.